The van der Waals surface area contributed by atoms with Gasteiger partial charge in [0.2, 0.25) is 0 Å². The summed E-state index contributed by atoms with van der Waals surface area (Å²) in [5.41, 5.74) is 4.12. The standard InChI is InChI=1S/C20H17FO3S/c1-12-17(9-13-3-6-15(7-4-13)25(2)24)16-8-5-14(21)10-19(16)18(12)11-20(22)23/h3-10H,11H2,1-2H3,(H,22,23)/b17-9-/i2D3. The molecule has 0 bridgehead atoms. The Morgan fingerprint density at radius 1 is 1.24 bits per heavy atom. The molecule has 0 spiro atoms. The van der Waals surface area contributed by atoms with Crippen molar-refractivity contribution in [2.75, 3.05) is 6.18 Å². The molecule has 0 amide bonds. The molecular formula is C20H17FO3S. The van der Waals surface area contributed by atoms with Crippen LogP contribution < -0.4 is 0 Å². The van der Waals surface area contributed by atoms with E-state index in [2.05, 4.69) is 0 Å². The predicted octanol–water partition coefficient (Wildman–Crippen LogP) is 4.37. The van der Waals surface area contributed by atoms with E-state index >= 15 is 0 Å². The summed E-state index contributed by atoms with van der Waals surface area (Å²) in [6.45, 7) is 1.79. The maximum Gasteiger partial charge on any atom is 0.307 e. The van der Waals surface area contributed by atoms with Gasteiger partial charge in [0.25, 0.3) is 0 Å². The van der Waals surface area contributed by atoms with Crippen LogP contribution in [0.3, 0.4) is 0 Å². The first-order chi connectivity index (χ1) is 13.1. The van der Waals surface area contributed by atoms with Gasteiger partial charge < -0.3 is 5.11 Å². The van der Waals surface area contributed by atoms with Crippen molar-refractivity contribution in [2.24, 2.45) is 0 Å². The van der Waals surface area contributed by atoms with Gasteiger partial charge in [0.15, 0.2) is 0 Å². The number of aliphatic carboxylic acids is 1. The van der Waals surface area contributed by atoms with E-state index in [1.807, 2.05) is 6.08 Å². The Morgan fingerprint density at radius 2 is 1.96 bits per heavy atom. The summed E-state index contributed by atoms with van der Waals surface area (Å²) in [6.07, 6.45) is -0.974. The van der Waals surface area contributed by atoms with Gasteiger partial charge in [-0.05, 0) is 70.7 Å². The highest BCUT2D eigenvalue weighted by Crippen LogP contribution is 2.43. The molecule has 25 heavy (non-hydrogen) atoms. The number of benzene rings is 2. The van der Waals surface area contributed by atoms with E-state index in [-0.39, 0.29) is 11.3 Å². The number of hydrogen-bond acceptors (Lipinski definition) is 2. The van der Waals surface area contributed by atoms with Crippen LogP contribution in [-0.2, 0) is 15.6 Å². The van der Waals surface area contributed by atoms with Crippen molar-refractivity contribution in [3.8, 4) is 0 Å². The van der Waals surface area contributed by atoms with Gasteiger partial charge in [-0.25, -0.2) is 4.39 Å². The molecule has 1 aliphatic rings. The summed E-state index contributed by atoms with van der Waals surface area (Å²) in [7, 11) is -2.11. The zero-order chi connectivity index (χ0) is 20.6. The number of fused-ring (bicyclic) bond motifs is 1. The van der Waals surface area contributed by atoms with Crippen LogP contribution >= 0.6 is 0 Å². The number of hydrogen-bond donors (Lipinski definition) is 1. The second kappa shape index (κ2) is 6.76. The predicted molar refractivity (Wildman–Crippen MR) is 97.9 cm³/mol. The highest BCUT2D eigenvalue weighted by atomic mass is 32.2. The first-order valence-electron chi connectivity index (χ1n) is 9.04. The van der Waals surface area contributed by atoms with E-state index in [1.54, 1.807) is 25.1 Å². The van der Waals surface area contributed by atoms with Crippen LogP contribution in [0.5, 0.6) is 0 Å². The zero-order valence-electron chi connectivity index (χ0n) is 16.4. The summed E-state index contributed by atoms with van der Waals surface area (Å²) < 4.78 is 47.4. The summed E-state index contributed by atoms with van der Waals surface area (Å²) in [4.78, 5) is 11.4. The average Bonchev–Trinajstić information content (AvgIpc) is 2.86. The molecule has 0 aromatic heterocycles. The molecule has 0 radical (unpaired) electrons. The molecule has 0 fully saturated rings. The van der Waals surface area contributed by atoms with E-state index < -0.39 is 28.8 Å². The van der Waals surface area contributed by atoms with Crippen LogP contribution in [0, 0.1) is 5.82 Å². The topological polar surface area (TPSA) is 54.4 Å². The van der Waals surface area contributed by atoms with Gasteiger partial charge in [0.05, 0.1) is 6.42 Å². The fourth-order valence-corrected chi connectivity index (χ4v) is 3.37. The summed E-state index contributed by atoms with van der Waals surface area (Å²) in [5.74, 6) is -1.44. The van der Waals surface area contributed by atoms with Crippen molar-refractivity contribution >= 4 is 34.0 Å². The normalized spacial score (nSPS) is 18.5. The minimum atomic E-state index is -2.58. The summed E-state index contributed by atoms with van der Waals surface area (Å²) >= 11 is 0. The molecule has 3 nitrogen and oxygen atoms in total. The lowest BCUT2D eigenvalue weighted by Gasteiger charge is -2.05. The third-order valence-electron chi connectivity index (χ3n) is 4.19. The van der Waals surface area contributed by atoms with E-state index in [0.717, 1.165) is 22.3 Å². The lowest BCUT2D eigenvalue weighted by molar-refractivity contribution is -0.135. The van der Waals surface area contributed by atoms with Gasteiger partial charge in [0.1, 0.15) is 5.82 Å². The molecule has 0 saturated heterocycles. The van der Waals surface area contributed by atoms with Crippen LogP contribution in [0.25, 0.3) is 17.2 Å². The van der Waals surface area contributed by atoms with Gasteiger partial charge >= 0.3 is 5.97 Å². The first kappa shape index (κ1) is 13.7. The van der Waals surface area contributed by atoms with Crippen LogP contribution in [-0.4, -0.2) is 21.5 Å². The Morgan fingerprint density at radius 3 is 2.60 bits per heavy atom. The van der Waals surface area contributed by atoms with E-state index in [0.29, 0.717) is 11.1 Å². The van der Waals surface area contributed by atoms with E-state index in [9.17, 15) is 18.5 Å². The minimum absolute atomic E-state index is 0.204. The van der Waals surface area contributed by atoms with Crippen LogP contribution in [0.4, 0.5) is 4.39 Å². The molecule has 0 aliphatic heterocycles. The Kier molecular flexibility index (Phi) is 3.71. The third kappa shape index (κ3) is 3.46. The fourth-order valence-electron chi connectivity index (χ4n) is 2.99. The van der Waals surface area contributed by atoms with Crippen molar-refractivity contribution in [3.63, 3.8) is 0 Å². The van der Waals surface area contributed by atoms with Crippen LogP contribution in [0.2, 0.25) is 0 Å². The third-order valence-corrected chi connectivity index (χ3v) is 4.89. The van der Waals surface area contributed by atoms with Gasteiger partial charge in [-0.15, -0.1) is 0 Å². The molecule has 128 valence electrons. The molecule has 1 unspecified atom stereocenters. The molecule has 3 rings (SSSR count). The molecule has 1 aliphatic carbocycles. The quantitative estimate of drug-likeness (QED) is 0.882. The van der Waals surface area contributed by atoms with Crippen LogP contribution in [0.15, 0.2) is 52.9 Å². The lowest BCUT2D eigenvalue weighted by atomic mass is 10.0. The van der Waals surface area contributed by atoms with Crippen molar-refractivity contribution in [3.05, 3.63) is 70.5 Å². The number of carboxylic acid groups (broad SMARTS) is 1. The Balaban J connectivity index is 2.03. The lowest BCUT2D eigenvalue weighted by Crippen LogP contribution is -1.97. The van der Waals surface area contributed by atoms with Crippen molar-refractivity contribution < 1.29 is 22.6 Å². The Labute approximate surface area is 152 Å². The number of allylic oxidation sites excluding steroid dienone is 2. The number of halogens is 1. The van der Waals surface area contributed by atoms with Crippen LogP contribution in [0.1, 0.15) is 34.1 Å². The molecule has 0 saturated carbocycles. The molecule has 0 heterocycles. The smallest absolute Gasteiger partial charge is 0.307 e. The van der Waals surface area contributed by atoms with Gasteiger partial charge in [0, 0.05) is 26.0 Å². The van der Waals surface area contributed by atoms with Crippen molar-refractivity contribution in [2.45, 2.75) is 18.2 Å². The maximum atomic E-state index is 13.7. The second-order valence-electron chi connectivity index (χ2n) is 5.76. The maximum absolute atomic E-state index is 13.7. The highest BCUT2D eigenvalue weighted by Gasteiger charge is 2.25. The number of rotatable bonds is 4. The van der Waals surface area contributed by atoms with E-state index in [4.69, 9.17) is 4.11 Å². The Hall–Kier alpha value is -2.53. The average molecular weight is 359 g/mol. The SMILES string of the molecule is [2H]C([2H])([2H])S(=O)c1ccc(/C=C2/C(C)=C(CC(=O)O)c3cc(F)ccc32)cc1. The molecular weight excluding hydrogens is 339 g/mol. The Bertz CT molecular complexity index is 1040. The molecule has 2 aromatic carbocycles. The first-order valence-corrected chi connectivity index (χ1v) is 8.69. The van der Waals surface area contributed by atoms with Gasteiger partial charge in [-0.2, -0.15) is 0 Å². The molecule has 1 atom stereocenters. The van der Waals surface area contributed by atoms with E-state index in [1.165, 1.54) is 24.3 Å². The second-order valence-corrected chi connectivity index (χ2v) is 6.77. The van der Waals surface area contributed by atoms with Gasteiger partial charge in [-0.3, -0.25) is 9.00 Å². The largest absolute Gasteiger partial charge is 0.481 e. The fraction of sp³-hybridized carbons (Fsp3) is 0.150. The minimum Gasteiger partial charge on any atom is -0.481 e. The molecule has 2 aromatic rings. The highest BCUT2D eigenvalue weighted by molar-refractivity contribution is 7.84. The zero-order valence-corrected chi connectivity index (χ0v) is 14.2. The van der Waals surface area contributed by atoms with Gasteiger partial charge in [-0.1, -0.05) is 18.2 Å². The molecule has 5 heteroatoms. The summed E-state index contributed by atoms with van der Waals surface area (Å²) in [5, 5.41) is 9.19. The van der Waals surface area contributed by atoms with Crippen molar-refractivity contribution in [1.29, 1.82) is 0 Å². The number of carboxylic acids is 1. The monoisotopic (exact) mass is 359 g/mol. The summed E-state index contributed by atoms with van der Waals surface area (Å²) in [6, 6.07) is 10.6. The van der Waals surface area contributed by atoms with Crippen molar-refractivity contribution in [1.82, 2.24) is 0 Å². The molecule has 1 N–H and O–H groups in total. The number of carbonyl (C=O) groups is 1.